The summed E-state index contributed by atoms with van der Waals surface area (Å²) >= 11 is 0. The van der Waals surface area contributed by atoms with Crippen LogP contribution < -0.4 is 31.1 Å². The van der Waals surface area contributed by atoms with Gasteiger partial charge in [-0.2, -0.15) is 0 Å². The molecule has 15 aromatic rings. The van der Waals surface area contributed by atoms with Crippen molar-refractivity contribution in [2.45, 2.75) is 52.4 Å². The standard InChI is InChI=1S/C92H72BN3O/c1-91(2,3)69-44-48-71(49-45-69)94(72-50-46-70(47-51-72)92(4,5)6)73-52-54-81-83(60-73)96(90-76(64-32-18-10-19-33-64)39-25-40-77(90)65-34-20-11-21-35-65)85-59-68(61-26-12-7-13-27-61)58-84-88(85)93(81)80-53-42-67(66-43-55-87-79(56-66)78-36-22-23-41-86(78)97-87)57-82(80)95(84)89-74(62-28-14-8-15-29-62)37-24-38-75(89)63-30-16-9-17-31-63/h7-60H,1-6H3. The summed E-state index contributed by atoms with van der Waals surface area (Å²) < 4.78 is 6.48. The highest BCUT2D eigenvalue weighted by Gasteiger charge is 2.46. The van der Waals surface area contributed by atoms with E-state index in [-0.39, 0.29) is 17.5 Å². The molecule has 14 aromatic carbocycles. The van der Waals surface area contributed by atoms with Crippen LogP contribution in [0, 0.1) is 0 Å². The lowest BCUT2D eigenvalue weighted by Crippen LogP contribution is -2.61. The summed E-state index contributed by atoms with van der Waals surface area (Å²) in [6.45, 7) is 13.5. The van der Waals surface area contributed by atoms with Gasteiger partial charge in [0.1, 0.15) is 11.2 Å². The number of fused-ring (bicyclic) bond motifs is 7. The lowest BCUT2D eigenvalue weighted by Gasteiger charge is -2.46. The van der Waals surface area contributed by atoms with Gasteiger partial charge in [-0.1, -0.05) is 296 Å². The van der Waals surface area contributed by atoms with Gasteiger partial charge < -0.3 is 19.1 Å². The third kappa shape index (κ3) is 10.4. The number of nitrogens with zero attached hydrogens (tertiary/aromatic N) is 3. The molecule has 3 heterocycles. The molecule has 1 aromatic heterocycles. The van der Waals surface area contributed by atoms with Gasteiger partial charge in [0.15, 0.2) is 0 Å². The molecule has 97 heavy (non-hydrogen) atoms. The van der Waals surface area contributed by atoms with Crippen LogP contribution in [0.5, 0.6) is 0 Å². The number of hydrogen-bond donors (Lipinski definition) is 0. The molecule has 0 radical (unpaired) electrons. The van der Waals surface area contributed by atoms with E-state index in [0.717, 1.165) is 140 Å². The average molecular weight is 1250 g/mol. The highest BCUT2D eigenvalue weighted by molar-refractivity contribution is 7.00. The topological polar surface area (TPSA) is 22.9 Å². The minimum Gasteiger partial charge on any atom is -0.456 e. The van der Waals surface area contributed by atoms with Crippen LogP contribution in [0.3, 0.4) is 0 Å². The van der Waals surface area contributed by atoms with Crippen LogP contribution in [0.4, 0.5) is 51.2 Å². The predicted octanol–water partition coefficient (Wildman–Crippen LogP) is 23.7. The van der Waals surface area contributed by atoms with Crippen molar-refractivity contribution in [3.8, 4) is 66.8 Å². The number of hydrogen-bond acceptors (Lipinski definition) is 4. The second-order valence-corrected chi connectivity index (χ2v) is 28.0. The van der Waals surface area contributed by atoms with Gasteiger partial charge in [-0.3, -0.25) is 0 Å². The minimum atomic E-state index is -0.241. The van der Waals surface area contributed by atoms with Crippen molar-refractivity contribution in [1.82, 2.24) is 0 Å². The zero-order chi connectivity index (χ0) is 65.5. The van der Waals surface area contributed by atoms with E-state index in [2.05, 4.69) is 378 Å². The summed E-state index contributed by atoms with van der Waals surface area (Å²) in [5.74, 6) is 0. The van der Waals surface area contributed by atoms with E-state index < -0.39 is 0 Å². The van der Waals surface area contributed by atoms with Crippen LogP contribution in [0.1, 0.15) is 52.7 Å². The molecule has 2 aliphatic rings. The molecule has 0 saturated carbocycles. The molecule has 0 amide bonds. The van der Waals surface area contributed by atoms with Gasteiger partial charge >= 0.3 is 0 Å². The van der Waals surface area contributed by atoms with E-state index in [9.17, 15) is 0 Å². The third-order valence-electron chi connectivity index (χ3n) is 20.0. The van der Waals surface area contributed by atoms with Crippen LogP contribution in [0.15, 0.2) is 332 Å². The zero-order valence-electron chi connectivity index (χ0n) is 55.5. The number of anilines is 9. The van der Waals surface area contributed by atoms with Gasteiger partial charge in [-0.05, 0) is 156 Å². The molecule has 0 unspecified atom stereocenters. The highest BCUT2D eigenvalue weighted by atomic mass is 16.3. The Morgan fingerprint density at radius 1 is 0.278 bits per heavy atom. The fourth-order valence-corrected chi connectivity index (χ4v) is 15.1. The van der Waals surface area contributed by atoms with E-state index in [4.69, 9.17) is 4.42 Å². The van der Waals surface area contributed by atoms with Gasteiger partial charge in [0, 0.05) is 72.8 Å². The van der Waals surface area contributed by atoms with Gasteiger partial charge in [0.25, 0.3) is 6.71 Å². The number of benzene rings is 14. The lowest BCUT2D eigenvalue weighted by molar-refractivity contribution is 0.590. The van der Waals surface area contributed by atoms with Crippen molar-refractivity contribution in [3.05, 3.63) is 339 Å². The molecule has 5 heteroatoms. The largest absolute Gasteiger partial charge is 0.456 e. The van der Waals surface area contributed by atoms with Crippen molar-refractivity contribution in [2.24, 2.45) is 0 Å². The summed E-state index contributed by atoms with van der Waals surface area (Å²) in [4.78, 5) is 7.78. The molecule has 0 aliphatic carbocycles. The second kappa shape index (κ2) is 23.7. The van der Waals surface area contributed by atoms with Crippen molar-refractivity contribution < 1.29 is 4.42 Å². The number of rotatable bonds is 11. The lowest BCUT2D eigenvalue weighted by atomic mass is 9.33. The smallest absolute Gasteiger partial charge is 0.252 e. The molecule has 4 nitrogen and oxygen atoms in total. The van der Waals surface area contributed by atoms with Crippen LogP contribution in [-0.4, -0.2) is 6.71 Å². The van der Waals surface area contributed by atoms with Crippen molar-refractivity contribution in [2.75, 3.05) is 14.7 Å². The monoisotopic (exact) mass is 1250 g/mol. The van der Waals surface area contributed by atoms with Crippen LogP contribution in [-0.2, 0) is 10.8 Å². The molecule has 0 atom stereocenters. The van der Waals surface area contributed by atoms with Gasteiger partial charge in [0.05, 0.1) is 11.4 Å². The fraction of sp³-hybridized carbons (Fsp3) is 0.0870. The highest BCUT2D eigenvalue weighted by Crippen LogP contribution is 2.55. The fourth-order valence-electron chi connectivity index (χ4n) is 15.1. The Bertz CT molecular complexity index is 5290. The van der Waals surface area contributed by atoms with Crippen molar-refractivity contribution in [1.29, 1.82) is 0 Å². The molecule has 0 saturated heterocycles. The van der Waals surface area contributed by atoms with E-state index in [1.54, 1.807) is 0 Å². The Morgan fingerprint density at radius 3 is 1.11 bits per heavy atom. The molecule has 17 rings (SSSR count). The van der Waals surface area contributed by atoms with Gasteiger partial charge in [-0.25, -0.2) is 0 Å². The summed E-state index contributed by atoms with van der Waals surface area (Å²) in [5.41, 5.74) is 31.3. The predicted molar refractivity (Wildman–Crippen MR) is 412 cm³/mol. The Morgan fingerprint density at radius 2 is 0.649 bits per heavy atom. The molecule has 0 fully saturated rings. The third-order valence-corrected chi connectivity index (χ3v) is 20.0. The van der Waals surface area contributed by atoms with Crippen LogP contribution >= 0.6 is 0 Å². The Labute approximate surface area is 569 Å². The van der Waals surface area contributed by atoms with E-state index in [1.165, 1.54) is 27.5 Å². The SMILES string of the molecule is CC(C)(C)c1ccc(N(c2ccc(C(C)(C)C)cc2)c2ccc3c(c2)N(c2c(-c4ccccc4)cccc2-c2ccccc2)c2cc(-c4ccccc4)cc4c2B3c2ccc(-c3ccc5oc6ccccc6c5c3)cc2N4c2c(-c3ccccc3)cccc2-c2ccccc2)cc1. The summed E-state index contributed by atoms with van der Waals surface area (Å²) in [5, 5.41) is 2.20. The molecule has 464 valence electrons. The number of furan rings is 1. The maximum Gasteiger partial charge on any atom is 0.252 e. The molecular formula is C92H72BN3O. The molecule has 0 bridgehead atoms. The normalized spacial score (nSPS) is 12.6. The summed E-state index contributed by atoms with van der Waals surface area (Å²) in [6, 6.07) is 122. The van der Waals surface area contributed by atoms with Gasteiger partial charge in [-0.15, -0.1) is 0 Å². The second-order valence-electron chi connectivity index (χ2n) is 28.0. The first kappa shape index (κ1) is 59.1. The van der Waals surface area contributed by atoms with Crippen molar-refractivity contribution in [3.63, 3.8) is 0 Å². The molecule has 0 N–H and O–H groups in total. The molecular weight excluding hydrogens is 1170 g/mol. The maximum atomic E-state index is 6.48. The molecule has 0 spiro atoms. The van der Waals surface area contributed by atoms with Crippen LogP contribution in [0.2, 0.25) is 0 Å². The summed E-state index contributed by atoms with van der Waals surface area (Å²) in [6.07, 6.45) is 0. The molecule has 2 aliphatic heterocycles. The maximum absolute atomic E-state index is 6.48. The first-order valence-corrected chi connectivity index (χ1v) is 33.9. The average Bonchev–Trinajstić information content (AvgIpc) is 1.13. The minimum absolute atomic E-state index is 0.0286. The Hall–Kier alpha value is -11.7. The zero-order valence-corrected chi connectivity index (χ0v) is 55.5. The summed E-state index contributed by atoms with van der Waals surface area (Å²) in [7, 11) is 0. The van der Waals surface area contributed by atoms with Gasteiger partial charge in [0.2, 0.25) is 0 Å². The van der Waals surface area contributed by atoms with Crippen LogP contribution in [0.25, 0.3) is 88.7 Å². The van der Waals surface area contributed by atoms with E-state index in [1.807, 2.05) is 6.07 Å². The quantitative estimate of drug-likeness (QED) is 0.120. The van der Waals surface area contributed by atoms with E-state index in [0.29, 0.717) is 0 Å². The number of para-hydroxylation sites is 3. The Balaban J connectivity index is 1.02. The van der Waals surface area contributed by atoms with Crippen molar-refractivity contribution >= 4 is 96.2 Å². The first-order valence-electron chi connectivity index (χ1n) is 33.9. The first-order chi connectivity index (χ1) is 47.4. The Kier molecular flexibility index (Phi) is 14.4. The van der Waals surface area contributed by atoms with E-state index >= 15 is 0 Å².